The molecule has 7 nitrogen and oxygen atoms in total. The molecule has 2 heterocycles. The molecule has 1 unspecified atom stereocenters. The van der Waals surface area contributed by atoms with Crippen LogP contribution in [-0.4, -0.2) is 86.0 Å². The first kappa shape index (κ1) is 24.7. The highest BCUT2D eigenvalue weighted by Gasteiger charge is 2.39. The summed E-state index contributed by atoms with van der Waals surface area (Å²) < 4.78 is 30.2. The summed E-state index contributed by atoms with van der Waals surface area (Å²) in [5, 5.41) is 22.5. The van der Waals surface area contributed by atoms with E-state index in [-0.39, 0.29) is 19.0 Å². The molecule has 186 valence electrons. The van der Waals surface area contributed by atoms with Crippen LogP contribution in [0.1, 0.15) is 18.4 Å². The Labute approximate surface area is 200 Å². The van der Waals surface area contributed by atoms with Crippen LogP contribution in [0.2, 0.25) is 0 Å². The molecule has 0 spiro atoms. The van der Waals surface area contributed by atoms with Gasteiger partial charge in [-0.1, -0.05) is 0 Å². The first-order valence-electron chi connectivity index (χ1n) is 11.8. The zero-order valence-electron chi connectivity index (χ0n) is 20.0. The third kappa shape index (κ3) is 6.18. The van der Waals surface area contributed by atoms with E-state index < -0.39 is 11.2 Å². The van der Waals surface area contributed by atoms with Crippen molar-refractivity contribution in [2.45, 2.75) is 31.0 Å². The van der Waals surface area contributed by atoms with Gasteiger partial charge in [0, 0.05) is 38.4 Å². The van der Waals surface area contributed by atoms with Crippen molar-refractivity contribution in [2.75, 3.05) is 64.6 Å². The maximum Gasteiger partial charge on any atom is 0.134 e. The van der Waals surface area contributed by atoms with Crippen LogP contribution >= 0.6 is 0 Å². The van der Waals surface area contributed by atoms with Gasteiger partial charge in [0.1, 0.15) is 29.5 Å². The van der Waals surface area contributed by atoms with E-state index in [4.69, 9.17) is 14.2 Å². The van der Waals surface area contributed by atoms with Crippen LogP contribution in [0.5, 0.6) is 11.5 Å². The lowest BCUT2D eigenvalue weighted by Crippen LogP contribution is -2.55. The van der Waals surface area contributed by atoms with Gasteiger partial charge in [-0.3, -0.25) is 4.90 Å². The van der Waals surface area contributed by atoms with E-state index in [1.54, 1.807) is 26.2 Å². The zero-order valence-corrected chi connectivity index (χ0v) is 20.0. The number of aryl methyl sites for hydroxylation is 1. The average molecular weight is 475 g/mol. The summed E-state index contributed by atoms with van der Waals surface area (Å²) in [5.74, 6) is 1.04. The molecule has 2 saturated heterocycles. The van der Waals surface area contributed by atoms with Gasteiger partial charge in [-0.15, -0.1) is 0 Å². The van der Waals surface area contributed by atoms with Crippen LogP contribution < -0.4 is 14.4 Å². The second-order valence-electron chi connectivity index (χ2n) is 9.60. The predicted octanol–water partition coefficient (Wildman–Crippen LogP) is 2.62. The van der Waals surface area contributed by atoms with Gasteiger partial charge in [-0.05, 0) is 67.8 Å². The lowest BCUT2D eigenvalue weighted by Gasteiger charge is -2.42. The van der Waals surface area contributed by atoms with Crippen LogP contribution in [0.25, 0.3) is 0 Å². The Morgan fingerprint density at radius 2 is 1.71 bits per heavy atom. The number of halogens is 1. The fourth-order valence-corrected chi connectivity index (χ4v) is 4.69. The summed E-state index contributed by atoms with van der Waals surface area (Å²) in [5.41, 5.74) is -0.442. The molecule has 0 aliphatic carbocycles. The van der Waals surface area contributed by atoms with Crippen molar-refractivity contribution in [3.05, 3.63) is 53.8 Å². The summed E-state index contributed by atoms with van der Waals surface area (Å²) in [6.45, 7) is 5.26. The standard InChI is InChI=1S/C26H35FN2O5/c1-20-15-23(7-8-24(20)27)34-19-26(31)17-28(13-14-33-18-26)16-25(30)9-11-29(12-10-25)21-3-5-22(32-2)6-4-21/h3-8,15,30-31H,9-14,16-19H2,1-2H3. The molecule has 8 heteroatoms. The SMILES string of the molecule is COc1ccc(N2CCC(O)(CN3CCOCC(O)(COc4ccc(F)c(C)c4)C3)CC2)cc1. The summed E-state index contributed by atoms with van der Waals surface area (Å²) in [6, 6.07) is 12.5. The number of rotatable bonds is 7. The van der Waals surface area contributed by atoms with Gasteiger partial charge in [0.15, 0.2) is 0 Å². The van der Waals surface area contributed by atoms with E-state index in [0.717, 1.165) is 24.5 Å². The van der Waals surface area contributed by atoms with Gasteiger partial charge in [0.05, 0.1) is 25.9 Å². The van der Waals surface area contributed by atoms with Crippen LogP contribution in [-0.2, 0) is 4.74 Å². The van der Waals surface area contributed by atoms with Crippen molar-refractivity contribution < 1.29 is 28.8 Å². The van der Waals surface area contributed by atoms with Crippen molar-refractivity contribution in [2.24, 2.45) is 0 Å². The highest BCUT2D eigenvalue weighted by atomic mass is 19.1. The van der Waals surface area contributed by atoms with Crippen molar-refractivity contribution in [3.63, 3.8) is 0 Å². The highest BCUT2D eigenvalue weighted by Crippen LogP contribution is 2.29. The monoisotopic (exact) mass is 474 g/mol. The number of ether oxygens (including phenoxy) is 3. The van der Waals surface area contributed by atoms with E-state index in [1.165, 1.54) is 6.07 Å². The second kappa shape index (κ2) is 10.5. The number of aliphatic hydroxyl groups is 2. The van der Waals surface area contributed by atoms with Gasteiger partial charge >= 0.3 is 0 Å². The van der Waals surface area contributed by atoms with Crippen LogP contribution in [0.3, 0.4) is 0 Å². The Hall–Kier alpha value is -2.39. The Kier molecular flexibility index (Phi) is 7.62. The molecule has 4 rings (SSSR count). The maximum absolute atomic E-state index is 13.5. The number of methoxy groups -OCH3 is 1. The maximum atomic E-state index is 13.5. The molecule has 2 aliphatic rings. The quantitative estimate of drug-likeness (QED) is 0.639. The lowest BCUT2D eigenvalue weighted by atomic mass is 9.90. The molecule has 34 heavy (non-hydrogen) atoms. The molecule has 1 atom stereocenters. The van der Waals surface area contributed by atoms with Gasteiger partial charge < -0.3 is 29.3 Å². The molecule has 2 N–H and O–H groups in total. The molecular formula is C26H35FN2O5. The van der Waals surface area contributed by atoms with Gasteiger partial charge in [0.25, 0.3) is 0 Å². The molecule has 2 fully saturated rings. The minimum absolute atomic E-state index is 0.0260. The minimum Gasteiger partial charge on any atom is -0.497 e. The van der Waals surface area contributed by atoms with E-state index in [2.05, 4.69) is 9.80 Å². The number of hydrogen-bond donors (Lipinski definition) is 2. The lowest BCUT2D eigenvalue weighted by molar-refractivity contribution is -0.0742. The summed E-state index contributed by atoms with van der Waals surface area (Å²) in [4.78, 5) is 4.34. The number of hydrogen-bond acceptors (Lipinski definition) is 7. The Morgan fingerprint density at radius 3 is 2.38 bits per heavy atom. The Morgan fingerprint density at radius 1 is 1.00 bits per heavy atom. The molecule has 0 saturated carbocycles. The third-order valence-corrected chi connectivity index (χ3v) is 6.73. The summed E-state index contributed by atoms with van der Waals surface area (Å²) >= 11 is 0. The van der Waals surface area contributed by atoms with Crippen LogP contribution in [0, 0.1) is 12.7 Å². The smallest absolute Gasteiger partial charge is 0.134 e. The topological polar surface area (TPSA) is 74.6 Å². The average Bonchev–Trinajstić information content (AvgIpc) is 3.01. The molecule has 0 aromatic heterocycles. The largest absolute Gasteiger partial charge is 0.497 e. The Balaban J connectivity index is 1.32. The van der Waals surface area contributed by atoms with E-state index in [9.17, 15) is 14.6 Å². The van der Waals surface area contributed by atoms with E-state index in [0.29, 0.717) is 50.4 Å². The normalized spacial score (nSPS) is 23.4. The fourth-order valence-electron chi connectivity index (χ4n) is 4.69. The van der Waals surface area contributed by atoms with Crippen molar-refractivity contribution in [1.29, 1.82) is 0 Å². The summed E-state index contributed by atoms with van der Waals surface area (Å²) in [6.07, 6.45) is 1.28. The number of anilines is 1. The van der Waals surface area contributed by atoms with Crippen molar-refractivity contribution in [3.8, 4) is 11.5 Å². The summed E-state index contributed by atoms with van der Waals surface area (Å²) in [7, 11) is 1.65. The minimum atomic E-state index is -1.22. The van der Waals surface area contributed by atoms with Gasteiger partial charge in [-0.25, -0.2) is 4.39 Å². The fraction of sp³-hybridized carbons (Fsp3) is 0.538. The molecule has 0 bridgehead atoms. The van der Waals surface area contributed by atoms with Crippen molar-refractivity contribution >= 4 is 5.69 Å². The van der Waals surface area contributed by atoms with E-state index >= 15 is 0 Å². The molecule has 0 amide bonds. The van der Waals surface area contributed by atoms with Crippen LogP contribution in [0.4, 0.5) is 10.1 Å². The number of β-amino-alcohol motifs (C(OH)–C–C–N with tert-alkyl or cyclic N) is 2. The molecular weight excluding hydrogens is 439 g/mol. The molecule has 0 radical (unpaired) electrons. The zero-order chi connectivity index (χ0) is 24.2. The van der Waals surface area contributed by atoms with Crippen molar-refractivity contribution in [1.82, 2.24) is 4.90 Å². The second-order valence-corrected chi connectivity index (χ2v) is 9.60. The highest BCUT2D eigenvalue weighted by molar-refractivity contribution is 5.49. The van der Waals surface area contributed by atoms with Crippen LogP contribution in [0.15, 0.2) is 42.5 Å². The number of piperidine rings is 1. The number of benzene rings is 2. The molecule has 2 aromatic carbocycles. The van der Waals surface area contributed by atoms with Gasteiger partial charge in [-0.2, -0.15) is 0 Å². The predicted molar refractivity (Wildman–Crippen MR) is 128 cm³/mol. The number of nitrogens with zero attached hydrogens (tertiary/aromatic N) is 2. The molecule has 2 aromatic rings. The third-order valence-electron chi connectivity index (χ3n) is 6.73. The molecule has 2 aliphatic heterocycles. The first-order chi connectivity index (χ1) is 16.3. The van der Waals surface area contributed by atoms with Gasteiger partial charge in [0.2, 0.25) is 0 Å². The van der Waals surface area contributed by atoms with E-state index in [1.807, 2.05) is 24.3 Å². The first-order valence-corrected chi connectivity index (χ1v) is 11.8. The Bertz CT molecular complexity index is 949.